The first-order chi connectivity index (χ1) is 10.4. The Morgan fingerprint density at radius 2 is 1.55 bits per heavy atom. The molecule has 2 aromatic carbocycles. The van der Waals surface area contributed by atoms with E-state index in [2.05, 4.69) is 5.32 Å². The standard InChI is InChI=1S/C17H18N2O3/c1-17(16(21)22,13-10-6-3-7-11-13)19-15(20)14(18)12-8-4-2-5-9-12/h2-11,14H,18H2,1H3,(H,19,20)(H,21,22)/t14-,17+/m0/s1. The Bertz CT molecular complexity index is 658. The Labute approximate surface area is 128 Å². The molecular formula is C17H18N2O3. The van der Waals surface area contributed by atoms with Gasteiger partial charge in [0.2, 0.25) is 5.91 Å². The van der Waals surface area contributed by atoms with Crippen molar-refractivity contribution in [3.05, 3.63) is 71.8 Å². The summed E-state index contributed by atoms with van der Waals surface area (Å²) < 4.78 is 0. The Kier molecular flexibility index (Phi) is 4.58. The van der Waals surface area contributed by atoms with Gasteiger partial charge >= 0.3 is 5.97 Å². The SMILES string of the molecule is C[C@](NC(=O)[C@@H](N)c1ccccc1)(C(=O)O)c1ccccc1. The van der Waals surface area contributed by atoms with Crippen LogP contribution in [0.25, 0.3) is 0 Å². The highest BCUT2D eigenvalue weighted by atomic mass is 16.4. The third-order valence-corrected chi connectivity index (χ3v) is 3.59. The van der Waals surface area contributed by atoms with E-state index in [-0.39, 0.29) is 0 Å². The molecular weight excluding hydrogens is 280 g/mol. The molecule has 0 spiro atoms. The number of aliphatic carboxylic acids is 1. The number of amides is 1. The van der Waals surface area contributed by atoms with E-state index in [0.717, 1.165) is 0 Å². The zero-order chi connectivity index (χ0) is 16.2. The van der Waals surface area contributed by atoms with Crippen LogP contribution in [0.5, 0.6) is 0 Å². The molecule has 0 radical (unpaired) electrons. The molecule has 22 heavy (non-hydrogen) atoms. The molecule has 0 saturated carbocycles. The minimum atomic E-state index is -1.54. The summed E-state index contributed by atoms with van der Waals surface area (Å²) in [4.78, 5) is 24.0. The number of carboxylic acid groups (broad SMARTS) is 1. The largest absolute Gasteiger partial charge is 0.479 e. The van der Waals surface area contributed by atoms with Gasteiger partial charge in [-0.3, -0.25) is 4.79 Å². The second-order valence-electron chi connectivity index (χ2n) is 5.17. The van der Waals surface area contributed by atoms with Gasteiger partial charge in [0, 0.05) is 0 Å². The van der Waals surface area contributed by atoms with Gasteiger partial charge in [-0.25, -0.2) is 4.79 Å². The van der Waals surface area contributed by atoms with Crippen LogP contribution < -0.4 is 11.1 Å². The molecule has 0 aliphatic heterocycles. The molecule has 2 atom stereocenters. The molecule has 2 rings (SSSR count). The predicted octanol–water partition coefficient (Wildman–Crippen LogP) is 1.80. The number of carbonyl (C=O) groups excluding carboxylic acids is 1. The Hall–Kier alpha value is -2.66. The molecule has 0 aliphatic carbocycles. The second kappa shape index (κ2) is 6.41. The highest BCUT2D eigenvalue weighted by Gasteiger charge is 2.38. The van der Waals surface area contributed by atoms with Gasteiger partial charge in [0.1, 0.15) is 6.04 Å². The van der Waals surface area contributed by atoms with Crippen LogP contribution in [0.1, 0.15) is 24.1 Å². The summed E-state index contributed by atoms with van der Waals surface area (Å²) in [5, 5.41) is 12.1. The summed E-state index contributed by atoms with van der Waals surface area (Å²) in [5.74, 6) is -1.69. The molecule has 5 heteroatoms. The van der Waals surface area contributed by atoms with Gasteiger partial charge in [-0.2, -0.15) is 0 Å². The maximum Gasteiger partial charge on any atom is 0.333 e. The van der Waals surface area contributed by atoms with Crippen LogP contribution in [0.2, 0.25) is 0 Å². The first kappa shape index (κ1) is 15.7. The van der Waals surface area contributed by atoms with Gasteiger partial charge < -0.3 is 16.2 Å². The van der Waals surface area contributed by atoms with E-state index in [1.807, 2.05) is 6.07 Å². The average molecular weight is 298 g/mol. The van der Waals surface area contributed by atoms with Crippen molar-refractivity contribution in [2.75, 3.05) is 0 Å². The van der Waals surface area contributed by atoms with Crippen LogP contribution in [-0.2, 0) is 15.1 Å². The van der Waals surface area contributed by atoms with Gasteiger partial charge in [-0.15, -0.1) is 0 Å². The fourth-order valence-corrected chi connectivity index (χ4v) is 2.16. The molecule has 0 aromatic heterocycles. The van der Waals surface area contributed by atoms with Crippen molar-refractivity contribution < 1.29 is 14.7 Å². The van der Waals surface area contributed by atoms with Crippen molar-refractivity contribution in [2.24, 2.45) is 5.73 Å². The number of nitrogens with two attached hydrogens (primary N) is 1. The first-order valence-corrected chi connectivity index (χ1v) is 6.86. The maximum atomic E-state index is 12.3. The van der Waals surface area contributed by atoms with Crippen LogP contribution in [-0.4, -0.2) is 17.0 Å². The van der Waals surface area contributed by atoms with Crippen LogP contribution in [0, 0.1) is 0 Å². The average Bonchev–Trinajstić information content (AvgIpc) is 2.55. The lowest BCUT2D eigenvalue weighted by molar-refractivity contribution is -0.147. The number of nitrogens with one attached hydrogen (secondary N) is 1. The molecule has 0 bridgehead atoms. The molecule has 0 fully saturated rings. The van der Waals surface area contributed by atoms with Crippen LogP contribution in [0.15, 0.2) is 60.7 Å². The summed E-state index contributed by atoms with van der Waals surface area (Å²) >= 11 is 0. The molecule has 0 unspecified atom stereocenters. The second-order valence-corrected chi connectivity index (χ2v) is 5.17. The normalized spacial score (nSPS) is 14.6. The maximum absolute atomic E-state index is 12.3. The van der Waals surface area contributed by atoms with Crippen molar-refractivity contribution in [1.82, 2.24) is 5.32 Å². The summed E-state index contributed by atoms with van der Waals surface area (Å²) in [6.07, 6.45) is 0. The molecule has 2 aromatic rings. The smallest absolute Gasteiger partial charge is 0.333 e. The van der Waals surface area contributed by atoms with Crippen molar-refractivity contribution in [3.8, 4) is 0 Å². The number of carboxylic acids is 1. The third-order valence-electron chi connectivity index (χ3n) is 3.59. The van der Waals surface area contributed by atoms with E-state index in [0.29, 0.717) is 11.1 Å². The number of rotatable bonds is 5. The van der Waals surface area contributed by atoms with Crippen molar-refractivity contribution >= 4 is 11.9 Å². The molecule has 0 aliphatic rings. The van der Waals surface area contributed by atoms with E-state index in [1.165, 1.54) is 6.92 Å². The number of hydrogen-bond donors (Lipinski definition) is 3. The van der Waals surface area contributed by atoms with E-state index in [9.17, 15) is 14.7 Å². The van der Waals surface area contributed by atoms with Gasteiger partial charge in [0.15, 0.2) is 5.54 Å². The molecule has 4 N–H and O–H groups in total. The summed E-state index contributed by atoms with van der Waals surface area (Å²) in [5.41, 5.74) is 5.49. The fraction of sp³-hybridized carbons (Fsp3) is 0.176. The van der Waals surface area contributed by atoms with Gasteiger partial charge in [0.25, 0.3) is 0 Å². The van der Waals surface area contributed by atoms with Crippen molar-refractivity contribution in [1.29, 1.82) is 0 Å². The van der Waals surface area contributed by atoms with E-state index < -0.39 is 23.5 Å². The highest BCUT2D eigenvalue weighted by Crippen LogP contribution is 2.22. The summed E-state index contributed by atoms with van der Waals surface area (Å²) in [6.45, 7) is 1.44. The van der Waals surface area contributed by atoms with E-state index in [1.54, 1.807) is 54.6 Å². The van der Waals surface area contributed by atoms with Crippen LogP contribution >= 0.6 is 0 Å². The predicted molar refractivity (Wildman–Crippen MR) is 82.9 cm³/mol. The fourth-order valence-electron chi connectivity index (χ4n) is 2.16. The molecule has 0 saturated heterocycles. The summed E-state index contributed by atoms with van der Waals surface area (Å²) in [6, 6.07) is 16.4. The molecule has 0 heterocycles. The number of carbonyl (C=O) groups is 2. The monoisotopic (exact) mass is 298 g/mol. The Morgan fingerprint density at radius 3 is 2.05 bits per heavy atom. The van der Waals surface area contributed by atoms with Crippen molar-refractivity contribution in [3.63, 3.8) is 0 Å². The topological polar surface area (TPSA) is 92.4 Å². The lowest BCUT2D eigenvalue weighted by Crippen LogP contribution is -2.52. The Morgan fingerprint density at radius 1 is 1.05 bits per heavy atom. The number of benzene rings is 2. The zero-order valence-electron chi connectivity index (χ0n) is 12.2. The molecule has 5 nitrogen and oxygen atoms in total. The highest BCUT2D eigenvalue weighted by molar-refractivity contribution is 5.90. The van der Waals surface area contributed by atoms with Crippen LogP contribution in [0.3, 0.4) is 0 Å². The first-order valence-electron chi connectivity index (χ1n) is 6.86. The zero-order valence-corrected chi connectivity index (χ0v) is 12.2. The van der Waals surface area contributed by atoms with E-state index in [4.69, 9.17) is 5.73 Å². The summed E-state index contributed by atoms with van der Waals surface area (Å²) in [7, 11) is 0. The van der Waals surface area contributed by atoms with E-state index >= 15 is 0 Å². The lowest BCUT2D eigenvalue weighted by atomic mass is 9.91. The van der Waals surface area contributed by atoms with Gasteiger partial charge in [-0.05, 0) is 18.1 Å². The van der Waals surface area contributed by atoms with Crippen molar-refractivity contribution in [2.45, 2.75) is 18.5 Å². The number of hydrogen-bond acceptors (Lipinski definition) is 3. The minimum absolute atomic E-state index is 0.483. The van der Waals surface area contributed by atoms with Crippen LogP contribution in [0.4, 0.5) is 0 Å². The molecule has 114 valence electrons. The quantitative estimate of drug-likeness (QED) is 0.785. The van der Waals surface area contributed by atoms with Gasteiger partial charge in [-0.1, -0.05) is 60.7 Å². The lowest BCUT2D eigenvalue weighted by Gasteiger charge is -2.28. The molecule has 1 amide bonds. The Balaban J connectivity index is 2.25. The minimum Gasteiger partial charge on any atom is -0.479 e. The third kappa shape index (κ3) is 3.15. The van der Waals surface area contributed by atoms with Gasteiger partial charge in [0.05, 0.1) is 0 Å².